The number of nitrogens with zero attached hydrogens (tertiary/aromatic N) is 3. The third kappa shape index (κ3) is 20.9. The predicted molar refractivity (Wildman–Crippen MR) is 310 cm³/mol. The van der Waals surface area contributed by atoms with Gasteiger partial charge in [-0.05, 0) is 131 Å². The minimum atomic E-state index is -0.447. The maximum absolute atomic E-state index is 13.0. The average Bonchev–Trinajstić information content (AvgIpc) is 3.43. The first-order valence-corrected chi connectivity index (χ1v) is 27.0. The molecule has 15 nitrogen and oxygen atoms in total. The zero-order valence-electron chi connectivity index (χ0n) is 44.1. The number of nitrogens with one attached hydrogen (secondary N) is 2. The largest absolute Gasteiger partial charge is 0.491 e. The fourth-order valence-corrected chi connectivity index (χ4v) is 9.07. The minimum Gasteiger partial charge on any atom is -0.491 e. The molecule has 3 atom stereocenters. The lowest BCUT2D eigenvalue weighted by Crippen LogP contribution is -2.43. The van der Waals surface area contributed by atoms with Crippen LogP contribution < -0.4 is 20.3 Å². The number of pyridine rings is 1. The monoisotopic (exact) mass is 1160 g/mol. The molecule has 77 heavy (non-hydrogen) atoms. The second-order valence-electron chi connectivity index (χ2n) is 18.0. The van der Waals surface area contributed by atoms with Gasteiger partial charge in [0.05, 0.1) is 97.0 Å². The quantitative estimate of drug-likeness (QED) is 0.0135. The van der Waals surface area contributed by atoms with E-state index in [9.17, 15) is 14.4 Å². The topological polar surface area (TPSA) is 160 Å². The molecule has 0 aliphatic carbocycles. The number of halogens is 2. The fraction of sp³-hybridized carbons (Fsp3) is 0.407. The van der Waals surface area contributed by atoms with Crippen molar-refractivity contribution in [1.29, 1.82) is 0 Å². The van der Waals surface area contributed by atoms with Crippen molar-refractivity contribution in [3.63, 3.8) is 0 Å². The van der Waals surface area contributed by atoms with Gasteiger partial charge in [-0.25, -0.2) is 9.83 Å². The number of ether oxygens (including phenoxy) is 7. The van der Waals surface area contributed by atoms with Gasteiger partial charge in [-0.1, -0.05) is 73.5 Å². The number of fused-ring (bicyclic) bond motifs is 1. The Balaban J connectivity index is 0.0000109. The smallest absolute Gasteiger partial charge is 0.252 e. The van der Waals surface area contributed by atoms with Crippen LogP contribution in [0.15, 0.2) is 119 Å². The maximum Gasteiger partial charge on any atom is 0.252 e. The summed E-state index contributed by atoms with van der Waals surface area (Å²) in [4.78, 5) is 48.3. The first-order valence-electron chi connectivity index (χ1n) is 25.8. The molecule has 1 aliphatic rings. The molecule has 0 bridgehead atoms. The van der Waals surface area contributed by atoms with Gasteiger partial charge in [-0.15, -0.1) is 0 Å². The SMILES string of the molecule is S.[C-]#[N+]/C(=C\c1cccc(Br)n1)C(=O)N[C@@H](CCC)c1ccc(OCCOCCOCCOCCOCCOCCOCCCC(=O)c2ccc(-c3ccc4c(c3)[C@H](Nc3ccc(Cl)cc3)C[C@H](C)N4C(C)=O)cc2)cc1. The molecule has 2 heterocycles. The number of ketones is 1. The van der Waals surface area contributed by atoms with E-state index in [4.69, 9.17) is 51.3 Å². The third-order valence-electron chi connectivity index (χ3n) is 12.3. The van der Waals surface area contributed by atoms with Crippen molar-refractivity contribution in [2.24, 2.45) is 0 Å². The van der Waals surface area contributed by atoms with E-state index < -0.39 is 5.91 Å². The summed E-state index contributed by atoms with van der Waals surface area (Å²) in [5, 5.41) is 7.32. The molecule has 412 valence electrons. The van der Waals surface area contributed by atoms with E-state index >= 15 is 0 Å². The Morgan fingerprint density at radius 2 is 1.36 bits per heavy atom. The van der Waals surface area contributed by atoms with Crippen LogP contribution in [0.4, 0.5) is 11.4 Å². The first-order chi connectivity index (χ1) is 37.0. The van der Waals surface area contributed by atoms with Gasteiger partial charge in [-0.3, -0.25) is 14.4 Å². The lowest BCUT2D eigenvalue weighted by Gasteiger charge is -2.39. The highest BCUT2D eigenvalue weighted by atomic mass is 79.9. The van der Waals surface area contributed by atoms with Crippen LogP contribution in [0, 0.1) is 6.57 Å². The third-order valence-corrected chi connectivity index (χ3v) is 13.0. The molecular formula is C59H71BrClN5O10S. The number of carbonyl (C=O) groups is 3. The van der Waals surface area contributed by atoms with Crippen molar-refractivity contribution in [3.8, 4) is 16.9 Å². The van der Waals surface area contributed by atoms with Gasteiger partial charge >= 0.3 is 0 Å². The van der Waals surface area contributed by atoms with Gasteiger partial charge in [0.1, 0.15) is 17.0 Å². The van der Waals surface area contributed by atoms with Crippen molar-refractivity contribution in [3.05, 3.63) is 158 Å². The van der Waals surface area contributed by atoms with Crippen LogP contribution in [0.1, 0.15) is 92.1 Å². The molecule has 18 heteroatoms. The Kier molecular flexibility index (Phi) is 27.7. The van der Waals surface area contributed by atoms with Gasteiger partial charge < -0.3 is 48.7 Å². The summed E-state index contributed by atoms with van der Waals surface area (Å²) in [7, 11) is 0. The number of anilines is 2. The lowest BCUT2D eigenvalue weighted by molar-refractivity contribution is -0.118. The second kappa shape index (κ2) is 34.3. The summed E-state index contributed by atoms with van der Waals surface area (Å²) >= 11 is 9.45. The Morgan fingerprint density at radius 1 is 0.779 bits per heavy atom. The molecule has 0 saturated heterocycles. The normalized spacial score (nSPS) is 14.4. The molecule has 0 fully saturated rings. The highest BCUT2D eigenvalue weighted by Crippen LogP contribution is 2.41. The number of aromatic nitrogens is 1. The molecule has 0 radical (unpaired) electrons. The zero-order valence-corrected chi connectivity index (χ0v) is 47.5. The number of hydrogen-bond donors (Lipinski definition) is 2. The summed E-state index contributed by atoms with van der Waals surface area (Å²) in [5.74, 6) is 0.319. The summed E-state index contributed by atoms with van der Waals surface area (Å²) in [6.07, 6.45) is 4.79. The molecule has 0 spiro atoms. The Morgan fingerprint density at radius 3 is 1.94 bits per heavy atom. The summed E-state index contributed by atoms with van der Waals surface area (Å²) in [6, 6.07) is 34.2. The van der Waals surface area contributed by atoms with Gasteiger partial charge in [-0.2, -0.15) is 13.5 Å². The van der Waals surface area contributed by atoms with E-state index in [1.54, 1.807) is 25.1 Å². The Labute approximate surface area is 473 Å². The van der Waals surface area contributed by atoms with Crippen LogP contribution in [0.3, 0.4) is 0 Å². The van der Waals surface area contributed by atoms with E-state index in [0.717, 1.165) is 46.5 Å². The summed E-state index contributed by atoms with van der Waals surface area (Å²) in [5.41, 5.74) is 6.98. The zero-order chi connectivity index (χ0) is 53.9. The van der Waals surface area contributed by atoms with E-state index in [-0.39, 0.29) is 49.0 Å². The first kappa shape index (κ1) is 62.2. The molecule has 2 amide bonds. The number of rotatable bonds is 33. The molecule has 6 rings (SSSR count). The van der Waals surface area contributed by atoms with Crippen LogP contribution in [-0.2, 0) is 38.0 Å². The Hall–Kier alpha value is -5.65. The average molecular weight is 1160 g/mol. The number of benzene rings is 4. The number of hydrogen-bond acceptors (Lipinski definition) is 12. The van der Waals surface area contributed by atoms with Crippen LogP contribution in [0.25, 0.3) is 22.0 Å². The number of amides is 2. The van der Waals surface area contributed by atoms with E-state index in [1.165, 1.54) is 6.08 Å². The maximum atomic E-state index is 13.0. The fourth-order valence-electron chi connectivity index (χ4n) is 8.59. The molecule has 1 aliphatic heterocycles. The second-order valence-corrected chi connectivity index (χ2v) is 19.2. The molecule has 0 unspecified atom stereocenters. The molecule has 4 aromatic carbocycles. The van der Waals surface area contributed by atoms with Crippen LogP contribution in [-0.4, -0.2) is 115 Å². The number of Topliss-reactive ketones (excluding diaryl/α,β-unsaturated/α-hetero) is 1. The molecule has 0 saturated carbocycles. The molecule has 5 aromatic rings. The summed E-state index contributed by atoms with van der Waals surface area (Å²) in [6.45, 7) is 18.9. The highest BCUT2D eigenvalue weighted by molar-refractivity contribution is 9.10. The summed E-state index contributed by atoms with van der Waals surface area (Å²) < 4.78 is 40.1. The van der Waals surface area contributed by atoms with Crippen molar-refractivity contribution < 1.29 is 47.5 Å². The number of carbonyl (C=O) groups excluding carboxylic acids is 3. The van der Waals surface area contributed by atoms with E-state index in [0.29, 0.717) is 132 Å². The van der Waals surface area contributed by atoms with E-state index in [1.807, 2.05) is 96.8 Å². The highest BCUT2D eigenvalue weighted by Gasteiger charge is 2.33. The molecular weight excluding hydrogens is 1090 g/mol. The van der Waals surface area contributed by atoms with Gasteiger partial charge in [0.2, 0.25) is 5.91 Å². The van der Waals surface area contributed by atoms with Crippen molar-refractivity contribution >= 4 is 76.1 Å². The Bertz CT molecular complexity index is 2680. The minimum absolute atomic E-state index is 0. The van der Waals surface area contributed by atoms with Crippen molar-refractivity contribution in [2.75, 3.05) is 96.1 Å². The van der Waals surface area contributed by atoms with Crippen LogP contribution >= 0.6 is 41.0 Å². The molecule has 1 aromatic heterocycles. The molecule has 2 N–H and O–H groups in total. The van der Waals surface area contributed by atoms with Crippen molar-refractivity contribution in [1.82, 2.24) is 10.3 Å². The van der Waals surface area contributed by atoms with Gasteiger partial charge in [0.15, 0.2) is 5.78 Å². The standard InChI is InChI=1S/C59H69BrClN5O10.H2S/c1-5-8-53(65-59(69)55(62-4)41-50-9-6-11-58(60)64-50)45-16-23-51(24-17-45)76-38-37-75-36-35-74-34-33-73-32-31-72-30-29-71-28-27-70-26-7-10-57(68)46-14-12-44(13-15-46)47-18-25-56-52(40-47)54(39-42(2)66(56)43(3)67)63-49-21-19-48(61)20-22-49;/h6,9,11-25,40-42,53-54,63H,5,7-8,10,26-39H2,1-3H3,(H,65,69);1H2/b55-41-;/t42-,53-,54+;/m0./s1. The van der Waals surface area contributed by atoms with Crippen molar-refractivity contribution in [2.45, 2.75) is 71.0 Å². The van der Waals surface area contributed by atoms with Crippen LogP contribution in [0.2, 0.25) is 5.02 Å². The van der Waals surface area contributed by atoms with Gasteiger partial charge in [0, 0.05) is 48.0 Å². The van der Waals surface area contributed by atoms with Crippen LogP contribution in [0.5, 0.6) is 5.75 Å². The lowest BCUT2D eigenvalue weighted by atomic mass is 9.88. The van der Waals surface area contributed by atoms with E-state index in [2.05, 4.69) is 49.4 Å². The van der Waals surface area contributed by atoms with Gasteiger partial charge in [0.25, 0.3) is 11.6 Å². The predicted octanol–water partition coefficient (Wildman–Crippen LogP) is 11.6.